The molecule has 0 aliphatic rings. The Morgan fingerprint density at radius 2 is 2.32 bits per heavy atom. The summed E-state index contributed by atoms with van der Waals surface area (Å²) in [4.78, 5) is 22.6. The van der Waals surface area contributed by atoms with Crippen molar-refractivity contribution in [3.05, 3.63) is 41.0 Å². The zero-order valence-electron chi connectivity index (χ0n) is 10.4. The van der Waals surface area contributed by atoms with Crippen molar-refractivity contribution in [2.45, 2.75) is 0 Å². The third-order valence-electron chi connectivity index (χ3n) is 2.40. The summed E-state index contributed by atoms with van der Waals surface area (Å²) in [5.41, 5.74) is 0.00977. The molecule has 0 atom stereocenters. The maximum Gasteiger partial charge on any atom is 0.323 e. The molecule has 1 aromatic rings. The normalized spacial score (nSPS) is 9.74. The van der Waals surface area contributed by atoms with Crippen LogP contribution in [0.1, 0.15) is 0 Å². The fraction of sp³-hybridized carbons (Fsp3) is 0.250. The van der Waals surface area contributed by atoms with Crippen molar-refractivity contribution in [1.82, 2.24) is 0 Å². The van der Waals surface area contributed by atoms with E-state index in [1.165, 1.54) is 36.3 Å². The lowest BCUT2D eigenvalue weighted by Crippen LogP contribution is -2.30. The summed E-state index contributed by atoms with van der Waals surface area (Å²) in [5.74, 6) is -0.668. The summed E-state index contributed by atoms with van der Waals surface area (Å²) >= 11 is 0. The Morgan fingerprint density at radius 3 is 2.79 bits per heavy atom. The number of nitrogens with zero attached hydrogens (tertiary/aromatic N) is 2. The lowest BCUT2D eigenvalue weighted by molar-refractivity contribution is -0.384. The van der Waals surface area contributed by atoms with E-state index in [0.29, 0.717) is 5.75 Å². The Kier molecular flexibility index (Phi) is 4.87. The van der Waals surface area contributed by atoms with E-state index in [0.717, 1.165) is 0 Å². The zero-order valence-corrected chi connectivity index (χ0v) is 10.4. The predicted octanol–water partition coefficient (Wildman–Crippen LogP) is 1.68. The van der Waals surface area contributed by atoms with Crippen LogP contribution in [0.2, 0.25) is 0 Å². The molecule has 0 aliphatic carbocycles. The van der Waals surface area contributed by atoms with Gasteiger partial charge in [0.05, 0.1) is 12.0 Å². The third-order valence-corrected chi connectivity index (χ3v) is 2.40. The highest BCUT2D eigenvalue weighted by Gasteiger charge is 2.21. The Labute approximate surface area is 109 Å². The molecule has 7 nitrogen and oxygen atoms in total. The van der Waals surface area contributed by atoms with Crippen LogP contribution in [0.25, 0.3) is 0 Å². The quantitative estimate of drug-likeness (QED) is 0.458. The first-order valence-corrected chi connectivity index (χ1v) is 5.39. The van der Waals surface area contributed by atoms with E-state index in [1.807, 2.05) is 0 Å². The van der Waals surface area contributed by atoms with E-state index < -0.39 is 10.9 Å². The first-order chi connectivity index (χ1) is 8.99. The van der Waals surface area contributed by atoms with Crippen LogP contribution in [0.15, 0.2) is 30.9 Å². The number of methoxy groups -OCH3 is 1. The molecule has 0 heterocycles. The van der Waals surface area contributed by atoms with Crippen molar-refractivity contribution in [3.8, 4) is 5.75 Å². The number of ether oxygens (including phenoxy) is 1. The number of benzene rings is 1. The fourth-order valence-electron chi connectivity index (χ4n) is 1.61. The van der Waals surface area contributed by atoms with Crippen LogP contribution >= 0.6 is 0 Å². The van der Waals surface area contributed by atoms with Gasteiger partial charge in [-0.3, -0.25) is 14.9 Å². The SMILES string of the molecule is C=CCN(CC(=O)O)c1cc(OC)ccc1[N+](=O)[O-]. The van der Waals surface area contributed by atoms with Crippen molar-refractivity contribution in [2.24, 2.45) is 0 Å². The number of hydrogen-bond donors (Lipinski definition) is 1. The molecule has 1 rings (SSSR count). The highest BCUT2D eigenvalue weighted by atomic mass is 16.6. The zero-order chi connectivity index (χ0) is 14.4. The average molecular weight is 266 g/mol. The summed E-state index contributed by atoms with van der Waals surface area (Å²) in [6.07, 6.45) is 1.48. The van der Waals surface area contributed by atoms with E-state index in [2.05, 4.69) is 6.58 Å². The standard InChI is InChI=1S/C12H14N2O5/c1-3-6-13(8-12(15)16)11-7-9(19-2)4-5-10(11)14(17)18/h3-5,7H,1,6,8H2,2H3,(H,15,16). The molecule has 0 fully saturated rings. The minimum atomic E-state index is -1.08. The molecule has 0 spiro atoms. The van der Waals surface area contributed by atoms with Crippen LogP contribution in [0.5, 0.6) is 5.75 Å². The maximum absolute atomic E-state index is 11.0. The second kappa shape index (κ2) is 6.39. The minimum Gasteiger partial charge on any atom is -0.497 e. The van der Waals surface area contributed by atoms with Gasteiger partial charge < -0.3 is 14.7 Å². The van der Waals surface area contributed by atoms with Crippen molar-refractivity contribution in [3.63, 3.8) is 0 Å². The van der Waals surface area contributed by atoms with Crippen LogP contribution in [-0.2, 0) is 4.79 Å². The molecule has 0 saturated carbocycles. The van der Waals surface area contributed by atoms with Crippen LogP contribution in [0, 0.1) is 10.1 Å². The van der Waals surface area contributed by atoms with Crippen LogP contribution in [0.4, 0.5) is 11.4 Å². The molecule has 1 N–H and O–H groups in total. The molecular weight excluding hydrogens is 252 g/mol. The molecule has 0 saturated heterocycles. The summed E-state index contributed by atoms with van der Waals surface area (Å²) in [6, 6.07) is 4.17. The monoisotopic (exact) mass is 266 g/mol. The second-order valence-corrected chi connectivity index (χ2v) is 3.67. The number of hydrogen-bond acceptors (Lipinski definition) is 5. The Morgan fingerprint density at radius 1 is 1.63 bits per heavy atom. The van der Waals surface area contributed by atoms with E-state index >= 15 is 0 Å². The van der Waals surface area contributed by atoms with E-state index in [9.17, 15) is 14.9 Å². The fourth-order valence-corrected chi connectivity index (χ4v) is 1.61. The maximum atomic E-state index is 11.0. The number of carbonyl (C=O) groups is 1. The number of carboxylic acid groups (broad SMARTS) is 1. The largest absolute Gasteiger partial charge is 0.497 e. The first-order valence-electron chi connectivity index (χ1n) is 5.39. The van der Waals surface area contributed by atoms with Gasteiger partial charge in [0.2, 0.25) is 0 Å². The smallest absolute Gasteiger partial charge is 0.323 e. The average Bonchev–Trinajstić information content (AvgIpc) is 2.36. The molecular formula is C12H14N2O5. The number of aliphatic carboxylic acids is 1. The molecule has 0 bridgehead atoms. The molecule has 0 amide bonds. The minimum absolute atomic E-state index is 0.177. The summed E-state index contributed by atoms with van der Waals surface area (Å²) < 4.78 is 5.00. The van der Waals surface area contributed by atoms with Crippen LogP contribution in [-0.4, -0.2) is 36.2 Å². The van der Waals surface area contributed by atoms with Crippen molar-refractivity contribution in [1.29, 1.82) is 0 Å². The Hall–Kier alpha value is -2.57. The van der Waals surface area contributed by atoms with Gasteiger partial charge in [-0.15, -0.1) is 6.58 Å². The van der Waals surface area contributed by atoms with Gasteiger partial charge in [-0.05, 0) is 6.07 Å². The molecule has 102 valence electrons. The van der Waals surface area contributed by atoms with Gasteiger partial charge in [0, 0.05) is 18.7 Å². The molecule has 0 radical (unpaired) electrons. The van der Waals surface area contributed by atoms with E-state index in [4.69, 9.17) is 9.84 Å². The molecule has 0 unspecified atom stereocenters. The number of nitro benzene ring substituents is 1. The van der Waals surface area contributed by atoms with Gasteiger partial charge in [-0.1, -0.05) is 6.08 Å². The lowest BCUT2D eigenvalue weighted by Gasteiger charge is -2.21. The van der Waals surface area contributed by atoms with Crippen molar-refractivity contribution in [2.75, 3.05) is 25.1 Å². The highest BCUT2D eigenvalue weighted by molar-refractivity contribution is 5.77. The van der Waals surface area contributed by atoms with Crippen LogP contribution in [0.3, 0.4) is 0 Å². The lowest BCUT2D eigenvalue weighted by atomic mass is 10.2. The van der Waals surface area contributed by atoms with Gasteiger partial charge in [0.25, 0.3) is 5.69 Å². The topological polar surface area (TPSA) is 92.9 Å². The van der Waals surface area contributed by atoms with Crippen molar-refractivity contribution >= 4 is 17.3 Å². The number of rotatable bonds is 7. The van der Waals surface area contributed by atoms with E-state index in [1.54, 1.807) is 0 Å². The highest BCUT2D eigenvalue weighted by Crippen LogP contribution is 2.32. The molecule has 7 heteroatoms. The van der Waals surface area contributed by atoms with Gasteiger partial charge in [0.1, 0.15) is 18.0 Å². The molecule has 19 heavy (non-hydrogen) atoms. The second-order valence-electron chi connectivity index (χ2n) is 3.67. The predicted molar refractivity (Wildman–Crippen MR) is 69.7 cm³/mol. The summed E-state index contributed by atoms with van der Waals surface area (Å²) in [6.45, 7) is 3.33. The number of nitro groups is 1. The van der Waals surface area contributed by atoms with Crippen LogP contribution < -0.4 is 9.64 Å². The first kappa shape index (κ1) is 14.5. The Bertz CT molecular complexity index is 501. The van der Waals surface area contributed by atoms with Gasteiger partial charge in [0.15, 0.2) is 0 Å². The van der Waals surface area contributed by atoms with Gasteiger partial charge in [-0.25, -0.2) is 0 Å². The molecule has 0 aliphatic heterocycles. The summed E-state index contributed by atoms with van der Waals surface area (Å²) in [7, 11) is 1.43. The Balaban J connectivity index is 3.27. The number of carboxylic acids is 1. The van der Waals surface area contributed by atoms with Gasteiger partial charge in [-0.2, -0.15) is 0 Å². The number of anilines is 1. The third kappa shape index (κ3) is 3.70. The van der Waals surface area contributed by atoms with Gasteiger partial charge >= 0.3 is 5.97 Å². The molecule has 1 aromatic carbocycles. The molecule has 0 aromatic heterocycles. The van der Waals surface area contributed by atoms with E-state index in [-0.39, 0.29) is 24.5 Å². The summed E-state index contributed by atoms with van der Waals surface area (Å²) in [5, 5.41) is 19.8. The van der Waals surface area contributed by atoms with Crippen molar-refractivity contribution < 1.29 is 19.6 Å².